The van der Waals surface area contributed by atoms with Crippen LogP contribution in [0.5, 0.6) is 0 Å². The highest BCUT2D eigenvalue weighted by atomic mass is 32.2. The first kappa shape index (κ1) is 20.9. The SMILES string of the molecule is c1cc(Sc2cnc(B(c3ncc(Sc4ccn[nH]4)[nH]3)c3ncc(Sc4ccn[nH]4)[nH]3)[nH]2)[nH]n1. The number of aromatic amines is 6. The number of aromatic nitrogens is 12. The summed E-state index contributed by atoms with van der Waals surface area (Å²) in [5.41, 5.74) is 2.13. The first-order valence-corrected chi connectivity index (χ1v) is 12.4. The van der Waals surface area contributed by atoms with Crippen molar-refractivity contribution in [2.24, 2.45) is 0 Å². The molecule has 0 fully saturated rings. The van der Waals surface area contributed by atoms with Crippen LogP contribution < -0.4 is 17.2 Å². The van der Waals surface area contributed by atoms with Crippen LogP contribution in [0.15, 0.2) is 85.5 Å². The predicted octanol–water partition coefficient (Wildman–Crippen LogP) is 0.995. The third-order valence-corrected chi connectivity index (χ3v) is 7.25. The molecule has 168 valence electrons. The van der Waals surface area contributed by atoms with Gasteiger partial charge < -0.3 is 15.0 Å². The highest BCUT2D eigenvalue weighted by Gasteiger charge is 2.32. The molecule has 0 saturated heterocycles. The van der Waals surface area contributed by atoms with Crippen molar-refractivity contribution in [2.45, 2.75) is 30.2 Å². The van der Waals surface area contributed by atoms with Gasteiger partial charge in [-0.1, -0.05) is 35.3 Å². The average Bonchev–Trinajstić information content (AvgIpc) is 3.66. The van der Waals surface area contributed by atoms with Gasteiger partial charge in [-0.05, 0) is 18.2 Å². The lowest BCUT2D eigenvalue weighted by atomic mass is 9.47. The second kappa shape index (κ2) is 9.32. The Bertz CT molecular complexity index is 1270. The number of H-pyrrole nitrogens is 6. The zero-order chi connectivity index (χ0) is 22.7. The molecule has 6 aromatic heterocycles. The quantitative estimate of drug-likeness (QED) is 0.156. The highest BCUT2D eigenvalue weighted by molar-refractivity contribution is 7.99. The van der Waals surface area contributed by atoms with Crippen molar-refractivity contribution in [3.8, 4) is 0 Å². The lowest BCUT2D eigenvalue weighted by molar-refractivity contribution is 1.00. The summed E-state index contributed by atoms with van der Waals surface area (Å²) in [6.07, 6.45) is 10.5. The number of hydrogen-bond acceptors (Lipinski definition) is 9. The van der Waals surface area contributed by atoms with Gasteiger partial charge in [-0.2, -0.15) is 15.3 Å². The summed E-state index contributed by atoms with van der Waals surface area (Å²) in [6.45, 7) is -0.358. The van der Waals surface area contributed by atoms with Crippen molar-refractivity contribution in [1.29, 1.82) is 0 Å². The summed E-state index contributed by atoms with van der Waals surface area (Å²) < 4.78 is 0. The molecule has 0 aliphatic heterocycles. The lowest BCUT2D eigenvalue weighted by Gasteiger charge is -2.06. The molecule has 6 aromatic rings. The van der Waals surface area contributed by atoms with E-state index in [9.17, 15) is 0 Å². The van der Waals surface area contributed by atoms with Gasteiger partial charge in [0.1, 0.15) is 0 Å². The molecule has 0 radical (unpaired) electrons. The molecule has 0 bridgehead atoms. The van der Waals surface area contributed by atoms with Crippen molar-refractivity contribution < 1.29 is 0 Å². The third-order valence-electron chi connectivity index (χ3n) is 4.62. The predicted molar refractivity (Wildman–Crippen MR) is 129 cm³/mol. The number of imidazole rings is 3. The number of nitrogens with one attached hydrogen (secondary N) is 6. The number of nitrogens with zero attached hydrogens (tertiary/aromatic N) is 6. The standard InChI is InChI=1S/C18H15BN12S3/c1-4-23-29-10(1)32-13-7-20-16(26-13)19(17-21-8-14(27-17)33-11-2-5-24-30-11)18-22-9-15(28-18)34-12-3-6-25-31-12/h1-9H,(H,20,26)(H,21,27)(H,22,28)(H,23,29)(H,24,30)(H,25,31). The summed E-state index contributed by atoms with van der Waals surface area (Å²) in [5.74, 6) is 0. The van der Waals surface area contributed by atoms with Gasteiger partial charge in [-0.15, -0.1) is 0 Å². The molecule has 0 aromatic carbocycles. The van der Waals surface area contributed by atoms with Gasteiger partial charge in [-0.25, -0.2) is 0 Å². The van der Waals surface area contributed by atoms with E-state index in [0.717, 1.165) is 30.2 Å². The van der Waals surface area contributed by atoms with Gasteiger partial charge in [0.05, 0.1) is 65.9 Å². The van der Waals surface area contributed by atoms with Crippen LogP contribution in [0.1, 0.15) is 0 Å². The summed E-state index contributed by atoms with van der Waals surface area (Å²) in [4.78, 5) is 24.1. The van der Waals surface area contributed by atoms with Crippen molar-refractivity contribution in [3.63, 3.8) is 0 Å². The Morgan fingerprint density at radius 1 is 0.500 bits per heavy atom. The van der Waals surface area contributed by atoms with E-state index in [4.69, 9.17) is 0 Å². The minimum Gasteiger partial charge on any atom is -0.344 e. The molecule has 6 heterocycles. The van der Waals surface area contributed by atoms with Gasteiger partial charge in [0.2, 0.25) is 0 Å². The van der Waals surface area contributed by atoms with Crippen LogP contribution in [-0.2, 0) is 0 Å². The molecular weight excluding hydrogens is 491 g/mol. The molecule has 12 nitrogen and oxygen atoms in total. The van der Waals surface area contributed by atoms with Crippen molar-refractivity contribution in [1.82, 2.24) is 60.5 Å². The Labute approximate surface area is 204 Å². The molecule has 0 atom stereocenters. The molecule has 16 heteroatoms. The van der Waals surface area contributed by atoms with E-state index in [1.165, 1.54) is 35.3 Å². The third kappa shape index (κ3) is 4.55. The average molecular weight is 506 g/mol. The zero-order valence-corrected chi connectivity index (χ0v) is 19.6. The Balaban J connectivity index is 1.32. The van der Waals surface area contributed by atoms with Crippen molar-refractivity contribution >= 4 is 59.2 Å². The Morgan fingerprint density at radius 2 is 0.853 bits per heavy atom. The van der Waals surface area contributed by atoms with Gasteiger partial charge in [0.15, 0.2) is 0 Å². The molecule has 0 amide bonds. The van der Waals surface area contributed by atoms with Gasteiger partial charge in [0.25, 0.3) is 0 Å². The largest absolute Gasteiger partial charge is 0.373 e. The molecule has 0 unspecified atom stereocenters. The minimum atomic E-state index is -0.358. The maximum absolute atomic E-state index is 4.64. The smallest absolute Gasteiger partial charge is 0.344 e. The zero-order valence-electron chi connectivity index (χ0n) is 17.2. The van der Waals surface area contributed by atoms with Gasteiger partial charge >= 0.3 is 6.71 Å². The van der Waals surface area contributed by atoms with Crippen LogP contribution in [0.3, 0.4) is 0 Å². The molecule has 6 N–H and O–H groups in total. The fourth-order valence-corrected chi connectivity index (χ4v) is 5.37. The van der Waals surface area contributed by atoms with Crippen LogP contribution in [0.25, 0.3) is 0 Å². The fourth-order valence-electron chi connectivity index (χ4n) is 3.20. The van der Waals surface area contributed by atoms with Crippen molar-refractivity contribution in [3.05, 3.63) is 55.4 Å². The van der Waals surface area contributed by atoms with E-state index in [1.807, 2.05) is 18.2 Å². The van der Waals surface area contributed by atoms with Crippen LogP contribution in [0.2, 0.25) is 0 Å². The Kier molecular flexibility index (Phi) is 5.74. The van der Waals surface area contributed by atoms with Crippen LogP contribution in [0, 0.1) is 0 Å². The second-order valence-corrected chi connectivity index (χ2v) is 10.2. The molecule has 0 aliphatic rings. The van der Waals surface area contributed by atoms with Crippen LogP contribution in [-0.4, -0.2) is 67.2 Å². The molecular formula is C18H15BN12S3. The van der Waals surface area contributed by atoms with E-state index in [-0.39, 0.29) is 6.71 Å². The van der Waals surface area contributed by atoms with E-state index >= 15 is 0 Å². The molecule has 0 saturated carbocycles. The van der Waals surface area contributed by atoms with Crippen LogP contribution >= 0.6 is 35.3 Å². The normalized spacial score (nSPS) is 11.3. The summed E-state index contributed by atoms with van der Waals surface area (Å²) in [6, 6.07) is 5.71. The topological polar surface area (TPSA) is 172 Å². The molecule has 0 spiro atoms. The van der Waals surface area contributed by atoms with E-state index in [1.54, 1.807) is 37.2 Å². The lowest BCUT2D eigenvalue weighted by Crippen LogP contribution is -2.57. The van der Waals surface area contributed by atoms with Gasteiger partial charge in [-0.3, -0.25) is 30.2 Å². The van der Waals surface area contributed by atoms with Crippen LogP contribution in [0.4, 0.5) is 0 Å². The molecule has 0 aliphatic carbocycles. The summed E-state index contributed by atoms with van der Waals surface area (Å²) in [7, 11) is 0. The van der Waals surface area contributed by atoms with E-state index in [2.05, 4.69) is 60.5 Å². The van der Waals surface area contributed by atoms with Crippen molar-refractivity contribution in [2.75, 3.05) is 0 Å². The number of rotatable bonds is 9. The first-order valence-electron chi connectivity index (χ1n) is 9.96. The van der Waals surface area contributed by atoms with E-state index in [0.29, 0.717) is 17.2 Å². The maximum atomic E-state index is 4.64. The summed E-state index contributed by atoms with van der Waals surface area (Å²) in [5, 5.41) is 26.2. The Morgan fingerprint density at radius 3 is 1.15 bits per heavy atom. The second-order valence-electron chi connectivity index (χ2n) is 6.90. The van der Waals surface area contributed by atoms with Gasteiger partial charge in [0, 0.05) is 18.6 Å². The highest BCUT2D eigenvalue weighted by Crippen LogP contribution is 2.24. The monoisotopic (exact) mass is 506 g/mol. The summed E-state index contributed by atoms with van der Waals surface area (Å²) >= 11 is 4.53. The maximum Gasteiger partial charge on any atom is 0.373 e. The molecule has 6 rings (SSSR count). The minimum absolute atomic E-state index is 0.358. The fraction of sp³-hybridized carbons (Fsp3) is 0. The molecule has 34 heavy (non-hydrogen) atoms. The number of hydrogen-bond donors (Lipinski definition) is 6. The first-order chi connectivity index (χ1) is 16.8. The van der Waals surface area contributed by atoms with E-state index < -0.39 is 0 Å². The Hall–Kier alpha value is -3.63.